The molecule has 1 aromatic heterocycles. The van der Waals surface area contributed by atoms with Gasteiger partial charge in [0, 0.05) is 49.7 Å². The molecule has 0 radical (unpaired) electrons. The van der Waals surface area contributed by atoms with Gasteiger partial charge in [0.05, 0.1) is 17.0 Å². The van der Waals surface area contributed by atoms with E-state index in [-0.39, 0.29) is 6.04 Å². The Hall–Kier alpha value is -1.21. The maximum atomic E-state index is 11.7. The second kappa shape index (κ2) is 6.83. The maximum Gasteiger partial charge on any atom is 0.151 e. The number of pyridine rings is 1. The van der Waals surface area contributed by atoms with E-state index in [4.69, 9.17) is 11.6 Å². The molecule has 2 aliphatic rings. The van der Waals surface area contributed by atoms with Crippen LogP contribution in [0.15, 0.2) is 30.3 Å². The molecular formula is C18H22ClN3O2S. The Morgan fingerprint density at radius 3 is 2.64 bits per heavy atom. The molecule has 0 unspecified atom stereocenters. The van der Waals surface area contributed by atoms with Gasteiger partial charge in [-0.05, 0) is 18.6 Å². The SMILES string of the molecule is O=S1(=O)CC[C@@H](N2CCN(Cc3cc4ccccc4nc3Cl)CC2)C1. The van der Waals surface area contributed by atoms with Crippen molar-refractivity contribution in [1.82, 2.24) is 14.8 Å². The Bertz CT molecular complexity index is 879. The van der Waals surface area contributed by atoms with Gasteiger partial charge in [-0.2, -0.15) is 0 Å². The van der Waals surface area contributed by atoms with Gasteiger partial charge in [0.15, 0.2) is 9.84 Å². The van der Waals surface area contributed by atoms with Gasteiger partial charge < -0.3 is 0 Å². The number of sulfone groups is 1. The van der Waals surface area contributed by atoms with Gasteiger partial charge in [-0.15, -0.1) is 0 Å². The van der Waals surface area contributed by atoms with E-state index in [1.54, 1.807) is 0 Å². The van der Waals surface area contributed by atoms with Crippen molar-refractivity contribution < 1.29 is 8.42 Å². The minimum atomic E-state index is -2.81. The molecule has 0 saturated carbocycles. The lowest BCUT2D eigenvalue weighted by molar-refractivity contribution is 0.100. The summed E-state index contributed by atoms with van der Waals surface area (Å²) in [6.07, 6.45) is 0.781. The standard InChI is InChI=1S/C18H22ClN3O2S/c19-18-15(11-14-3-1-2-4-17(14)20-18)12-21-6-8-22(9-7-21)16-5-10-25(23,24)13-16/h1-4,11,16H,5-10,12-13H2/t16-/m1/s1. The molecular weight excluding hydrogens is 358 g/mol. The molecule has 2 aliphatic heterocycles. The zero-order chi connectivity index (χ0) is 17.4. The van der Waals surface area contributed by atoms with E-state index in [1.165, 1.54) is 0 Å². The molecule has 3 heterocycles. The number of para-hydroxylation sites is 1. The molecule has 25 heavy (non-hydrogen) atoms. The van der Waals surface area contributed by atoms with Gasteiger partial charge >= 0.3 is 0 Å². The first-order chi connectivity index (χ1) is 12.0. The van der Waals surface area contributed by atoms with Crippen LogP contribution < -0.4 is 0 Å². The van der Waals surface area contributed by atoms with Gasteiger partial charge in [0.2, 0.25) is 0 Å². The largest absolute Gasteiger partial charge is 0.297 e. The molecule has 2 saturated heterocycles. The predicted octanol–water partition coefficient (Wildman–Crippen LogP) is 2.19. The second-order valence-electron chi connectivity index (χ2n) is 7.00. The minimum Gasteiger partial charge on any atom is -0.297 e. The smallest absolute Gasteiger partial charge is 0.151 e. The van der Waals surface area contributed by atoms with Crippen LogP contribution in [0.4, 0.5) is 0 Å². The predicted molar refractivity (Wildman–Crippen MR) is 101 cm³/mol. The van der Waals surface area contributed by atoms with Crippen molar-refractivity contribution in [2.24, 2.45) is 0 Å². The van der Waals surface area contributed by atoms with Crippen LogP contribution in [-0.4, -0.2) is 66.9 Å². The van der Waals surface area contributed by atoms with Gasteiger partial charge in [0.1, 0.15) is 5.15 Å². The van der Waals surface area contributed by atoms with E-state index in [2.05, 4.69) is 26.9 Å². The number of rotatable bonds is 3. The Balaban J connectivity index is 1.40. The molecule has 0 amide bonds. The fourth-order valence-electron chi connectivity index (χ4n) is 3.84. The van der Waals surface area contributed by atoms with Crippen molar-refractivity contribution in [2.75, 3.05) is 37.7 Å². The first-order valence-electron chi connectivity index (χ1n) is 8.71. The fraction of sp³-hybridized carbons (Fsp3) is 0.500. The first kappa shape index (κ1) is 17.2. The molecule has 5 nitrogen and oxygen atoms in total. The van der Waals surface area contributed by atoms with E-state index < -0.39 is 9.84 Å². The summed E-state index contributed by atoms with van der Waals surface area (Å²) in [7, 11) is -2.81. The average Bonchev–Trinajstić information content (AvgIpc) is 2.96. The molecule has 0 spiro atoms. The summed E-state index contributed by atoms with van der Waals surface area (Å²) in [5.41, 5.74) is 1.97. The molecule has 2 aromatic rings. The number of halogens is 1. The highest BCUT2D eigenvalue weighted by Gasteiger charge is 2.33. The molecule has 4 rings (SSSR count). The number of fused-ring (bicyclic) bond motifs is 1. The monoisotopic (exact) mass is 379 g/mol. The maximum absolute atomic E-state index is 11.7. The molecule has 0 bridgehead atoms. The fourth-order valence-corrected chi connectivity index (χ4v) is 5.80. The lowest BCUT2D eigenvalue weighted by Gasteiger charge is -2.37. The molecule has 0 aliphatic carbocycles. The third kappa shape index (κ3) is 3.82. The summed E-state index contributed by atoms with van der Waals surface area (Å²) in [6, 6.07) is 10.3. The van der Waals surface area contributed by atoms with Gasteiger partial charge in [-0.3, -0.25) is 9.80 Å². The summed E-state index contributed by atoms with van der Waals surface area (Å²) in [4.78, 5) is 9.20. The summed E-state index contributed by atoms with van der Waals surface area (Å²) >= 11 is 6.37. The van der Waals surface area contributed by atoms with Crippen molar-refractivity contribution in [1.29, 1.82) is 0 Å². The number of benzene rings is 1. The number of aromatic nitrogens is 1. The molecule has 7 heteroatoms. The molecule has 134 valence electrons. The molecule has 0 N–H and O–H groups in total. The number of hydrogen-bond donors (Lipinski definition) is 0. The van der Waals surface area contributed by atoms with E-state index >= 15 is 0 Å². The lowest BCUT2D eigenvalue weighted by Crippen LogP contribution is -2.50. The molecule has 2 fully saturated rings. The zero-order valence-electron chi connectivity index (χ0n) is 14.1. The summed E-state index contributed by atoms with van der Waals surface area (Å²) in [5.74, 6) is 0.670. The van der Waals surface area contributed by atoms with Crippen molar-refractivity contribution in [3.8, 4) is 0 Å². The zero-order valence-corrected chi connectivity index (χ0v) is 15.6. The molecule has 1 atom stereocenters. The van der Waals surface area contributed by atoms with E-state index in [9.17, 15) is 8.42 Å². The normalized spacial score (nSPS) is 24.8. The summed E-state index contributed by atoms with van der Waals surface area (Å²) < 4.78 is 23.4. The highest BCUT2D eigenvalue weighted by Crippen LogP contribution is 2.23. The third-order valence-electron chi connectivity index (χ3n) is 5.28. The van der Waals surface area contributed by atoms with Crippen LogP contribution in [0.1, 0.15) is 12.0 Å². The van der Waals surface area contributed by atoms with Crippen molar-refractivity contribution >= 4 is 32.3 Å². The van der Waals surface area contributed by atoms with E-state index in [0.29, 0.717) is 16.7 Å². The number of piperazine rings is 1. The molecule has 1 aromatic carbocycles. The van der Waals surface area contributed by atoms with Crippen molar-refractivity contribution in [2.45, 2.75) is 19.0 Å². The highest BCUT2D eigenvalue weighted by molar-refractivity contribution is 7.91. The van der Waals surface area contributed by atoms with Crippen LogP contribution in [0.3, 0.4) is 0 Å². The van der Waals surface area contributed by atoms with Crippen LogP contribution in [0.2, 0.25) is 5.15 Å². The summed E-state index contributed by atoms with van der Waals surface area (Å²) in [5, 5.41) is 1.68. The van der Waals surface area contributed by atoms with E-state index in [0.717, 1.165) is 55.6 Å². The minimum absolute atomic E-state index is 0.207. The van der Waals surface area contributed by atoms with Crippen LogP contribution in [0.25, 0.3) is 10.9 Å². The summed E-state index contributed by atoms with van der Waals surface area (Å²) in [6.45, 7) is 4.48. The topological polar surface area (TPSA) is 53.5 Å². The quantitative estimate of drug-likeness (QED) is 0.765. The Morgan fingerprint density at radius 1 is 1.16 bits per heavy atom. The Morgan fingerprint density at radius 2 is 1.92 bits per heavy atom. The number of hydrogen-bond acceptors (Lipinski definition) is 5. The average molecular weight is 380 g/mol. The van der Waals surface area contributed by atoms with Gasteiger partial charge in [-0.25, -0.2) is 13.4 Å². The van der Waals surface area contributed by atoms with Gasteiger partial charge in [-0.1, -0.05) is 29.8 Å². The first-order valence-corrected chi connectivity index (χ1v) is 10.9. The van der Waals surface area contributed by atoms with Crippen LogP contribution in [0, 0.1) is 0 Å². The Labute approximate surface area is 153 Å². The van der Waals surface area contributed by atoms with Gasteiger partial charge in [0.25, 0.3) is 0 Å². The van der Waals surface area contributed by atoms with E-state index in [1.807, 2.05) is 18.2 Å². The van der Waals surface area contributed by atoms with Crippen molar-refractivity contribution in [3.63, 3.8) is 0 Å². The van der Waals surface area contributed by atoms with Crippen LogP contribution in [0.5, 0.6) is 0 Å². The lowest BCUT2D eigenvalue weighted by atomic mass is 10.1. The highest BCUT2D eigenvalue weighted by atomic mass is 35.5. The Kier molecular flexibility index (Phi) is 4.71. The van der Waals surface area contributed by atoms with Crippen molar-refractivity contribution in [3.05, 3.63) is 41.0 Å². The number of nitrogens with zero attached hydrogens (tertiary/aromatic N) is 3. The third-order valence-corrected chi connectivity index (χ3v) is 7.35. The second-order valence-corrected chi connectivity index (χ2v) is 9.59. The van der Waals surface area contributed by atoms with Crippen LogP contribution in [-0.2, 0) is 16.4 Å². The van der Waals surface area contributed by atoms with Crippen LogP contribution >= 0.6 is 11.6 Å².